The third kappa shape index (κ3) is 3.50. The fourth-order valence-corrected chi connectivity index (χ4v) is 1.28. The van der Waals surface area contributed by atoms with Gasteiger partial charge in [-0.3, -0.25) is 10.1 Å². The molecule has 0 saturated carbocycles. The second-order valence-electron chi connectivity index (χ2n) is 3.36. The molecule has 1 aromatic carbocycles. The number of hydrogen-bond acceptors (Lipinski definition) is 6. The summed E-state index contributed by atoms with van der Waals surface area (Å²) < 4.78 is 33.2. The smallest absolute Gasteiger partial charge is 0.341 e. The van der Waals surface area contributed by atoms with Crippen LogP contribution >= 0.6 is 0 Å². The number of hydrogen-bond donors (Lipinski definition) is 1. The Morgan fingerprint density at radius 1 is 1.53 bits per heavy atom. The summed E-state index contributed by atoms with van der Waals surface area (Å²) in [6.45, 7) is -0.971. The Kier molecular flexibility index (Phi) is 4.56. The van der Waals surface area contributed by atoms with Crippen LogP contribution in [-0.4, -0.2) is 31.0 Å². The van der Waals surface area contributed by atoms with Gasteiger partial charge in [0.15, 0.2) is 0 Å². The van der Waals surface area contributed by atoms with Crippen molar-refractivity contribution in [1.29, 1.82) is 0 Å². The van der Waals surface area contributed by atoms with Gasteiger partial charge in [0.1, 0.15) is 23.6 Å². The zero-order valence-corrected chi connectivity index (χ0v) is 9.76. The van der Waals surface area contributed by atoms with Gasteiger partial charge in [-0.25, -0.2) is 13.6 Å². The van der Waals surface area contributed by atoms with Crippen LogP contribution in [0.2, 0.25) is 0 Å². The maximum atomic E-state index is 12.1. The van der Waals surface area contributed by atoms with E-state index in [4.69, 9.17) is 5.73 Å². The van der Waals surface area contributed by atoms with Crippen molar-refractivity contribution in [3.05, 3.63) is 27.8 Å². The van der Waals surface area contributed by atoms with Crippen LogP contribution in [-0.2, 0) is 4.74 Å². The molecular formula is C10H10F2N2O5. The SMILES string of the molecule is COC(=O)c1cc([N+](=O)[O-])c(N)cc1OCC(F)F. The number of carbonyl (C=O) groups is 1. The quantitative estimate of drug-likeness (QED) is 0.379. The molecule has 0 unspecified atom stereocenters. The number of halogens is 2. The summed E-state index contributed by atoms with van der Waals surface area (Å²) in [6, 6.07) is 1.76. The van der Waals surface area contributed by atoms with E-state index in [2.05, 4.69) is 9.47 Å². The number of anilines is 1. The molecule has 0 saturated heterocycles. The monoisotopic (exact) mass is 276 g/mol. The van der Waals surface area contributed by atoms with Gasteiger partial charge in [0, 0.05) is 12.1 Å². The molecule has 0 spiro atoms. The minimum absolute atomic E-state index is 0.296. The Balaban J connectivity index is 3.24. The first kappa shape index (κ1) is 14.6. The van der Waals surface area contributed by atoms with Crippen LogP contribution in [0.4, 0.5) is 20.2 Å². The van der Waals surface area contributed by atoms with Gasteiger partial charge in [0.25, 0.3) is 12.1 Å². The number of methoxy groups -OCH3 is 1. The number of esters is 1. The van der Waals surface area contributed by atoms with Gasteiger partial charge in [0.05, 0.1) is 12.0 Å². The number of benzene rings is 1. The summed E-state index contributed by atoms with van der Waals surface area (Å²) in [7, 11) is 1.04. The van der Waals surface area contributed by atoms with Gasteiger partial charge in [0.2, 0.25) is 0 Å². The van der Waals surface area contributed by atoms with Crippen molar-refractivity contribution in [2.75, 3.05) is 19.5 Å². The van der Waals surface area contributed by atoms with Crippen LogP contribution in [0.5, 0.6) is 5.75 Å². The zero-order chi connectivity index (χ0) is 14.6. The van der Waals surface area contributed by atoms with Crippen LogP contribution in [0, 0.1) is 10.1 Å². The third-order valence-corrected chi connectivity index (χ3v) is 2.10. The molecule has 0 aliphatic carbocycles. The Hall–Kier alpha value is -2.45. The van der Waals surface area contributed by atoms with E-state index < -0.39 is 29.6 Å². The van der Waals surface area contributed by atoms with E-state index in [0.29, 0.717) is 0 Å². The van der Waals surface area contributed by atoms with Crippen molar-refractivity contribution < 1.29 is 28.0 Å². The Bertz CT molecular complexity index is 507. The number of nitro benzene ring substituents is 1. The molecule has 9 heteroatoms. The van der Waals surface area contributed by atoms with E-state index in [1.807, 2.05) is 0 Å². The number of alkyl halides is 2. The van der Waals surface area contributed by atoms with Crippen molar-refractivity contribution in [2.24, 2.45) is 0 Å². The summed E-state index contributed by atoms with van der Waals surface area (Å²) >= 11 is 0. The van der Waals surface area contributed by atoms with Crippen molar-refractivity contribution in [2.45, 2.75) is 6.43 Å². The average Bonchev–Trinajstić information content (AvgIpc) is 2.34. The average molecular weight is 276 g/mol. The van der Waals surface area contributed by atoms with Crippen LogP contribution in [0.25, 0.3) is 0 Å². The first-order valence-electron chi connectivity index (χ1n) is 4.94. The Labute approximate surface area is 106 Å². The van der Waals surface area contributed by atoms with Gasteiger partial charge in [-0.2, -0.15) is 0 Å². The molecule has 0 atom stereocenters. The molecule has 2 N–H and O–H groups in total. The van der Waals surface area contributed by atoms with Crippen molar-refractivity contribution >= 4 is 17.3 Å². The molecular weight excluding hydrogens is 266 g/mol. The van der Waals surface area contributed by atoms with E-state index in [1.54, 1.807) is 0 Å². The highest BCUT2D eigenvalue weighted by atomic mass is 19.3. The number of ether oxygens (including phenoxy) is 2. The predicted octanol–water partition coefficient (Wildman–Crippen LogP) is 1.61. The summed E-state index contributed by atoms with van der Waals surface area (Å²) in [5.41, 5.74) is 4.19. The summed E-state index contributed by atoms with van der Waals surface area (Å²) in [5.74, 6) is -1.25. The first-order chi connectivity index (χ1) is 8.86. The number of nitrogen functional groups attached to an aromatic ring is 1. The minimum Gasteiger partial charge on any atom is -0.487 e. The lowest BCUT2D eigenvalue weighted by atomic mass is 10.1. The number of nitro groups is 1. The lowest BCUT2D eigenvalue weighted by Gasteiger charge is -2.10. The van der Waals surface area contributed by atoms with Gasteiger partial charge in [-0.15, -0.1) is 0 Å². The van der Waals surface area contributed by atoms with Crippen LogP contribution in [0.3, 0.4) is 0 Å². The van der Waals surface area contributed by atoms with E-state index in [1.165, 1.54) is 0 Å². The largest absolute Gasteiger partial charge is 0.487 e. The van der Waals surface area contributed by atoms with Gasteiger partial charge in [-0.1, -0.05) is 0 Å². The summed E-state index contributed by atoms with van der Waals surface area (Å²) in [5, 5.41) is 10.7. The second-order valence-corrected chi connectivity index (χ2v) is 3.36. The molecule has 0 aliphatic rings. The lowest BCUT2D eigenvalue weighted by molar-refractivity contribution is -0.383. The maximum absolute atomic E-state index is 12.1. The molecule has 0 bridgehead atoms. The molecule has 0 aliphatic heterocycles. The molecule has 0 fully saturated rings. The third-order valence-electron chi connectivity index (χ3n) is 2.10. The maximum Gasteiger partial charge on any atom is 0.341 e. The van der Waals surface area contributed by atoms with Crippen molar-refractivity contribution in [3.63, 3.8) is 0 Å². The molecule has 0 heterocycles. The van der Waals surface area contributed by atoms with Gasteiger partial charge in [-0.05, 0) is 0 Å². The van der Waals surface area contributed by atoms with E-state index in [0.717, 1.165) is 19.2 Å². The molecule has 0 aromatic heterocycles. The molecule has 1 aromatic rings. The number of nitrogens with zero attached hydrogens (tertiary/aromatic N) is 1. The van der Waals surface area contributed by atoms with Crippen molar-refractivity contribution in [1.82, 2.24) is 0 Å². The first-order valence-corrected chi connectivity index (χ1v) is 4.94. The van der Waals surface area contributed by atoms with Crippen LogP contribution < -0.4 is 10.5 Å². The van der Waals surface area contributed by atoms with Crippen LogP contribution in [0.1, 0.15) is 10.4 Å². The second kappa shape index (κ2) is 5.94. The Morgan fingerprint density at radius 3 is 2.63 bits per heavy atom. The number of carbonyl (C=O) groups excluding carboxylic acids is 1. The van der Waals surface area contributed by atoms with E-state index >= 15 is 0 Å². The van der Waals surface area contributed by atoms with Crippen LogP contribution in [0.15, 0.2) is 12.1 Å². The Morgan fingerprint density at radius 2 is 2.16 bits per heavy atom. The molecule has 1 rings (SSSR count). The summed E-state index contributed by atoms with van der Waals surface area (Å²) in [6.07, 6.45) is -2.76. The van der Waals surface area contributed by atoms with Crippen molar-refractivity contribution in [3.8, 4) is 5.75 Å². The standard InChI is InChI=1S/C10H10F2N2O5/c1-18-10(15)5-2-7(14(16)17)6(13)3-8(5)19-4-9(11)12/h2-3,9H,4,13H2,1H3. The fraction of sp³-hybridized carbons (Fsp3) is 0.300. The predicted molar refractivity (Wildman–Crippen MR) is 60.3 cm³/mol. The highest BCUT2D eigenvalue weighted by Gasteiger charge is 2.22. The minimum atomic E-state index is -2.76. The van der Waals surface area contributed by atoms with Gasteiger partial charge >= 0.3 is 5.97 Å². The molecule has 0 radical (unpaired) electrons. The van der Waals surface area contributed by atoms with E-state index in [-0.39, 0.29) is 17.0 Å². The zero-order valence-electron chi connectivity index (χ0n) is 9.76. The molecule has 7 nitrogen and oxygen atoms in total. The fourth-order valence-electron chi connectivity index (χ4n) is 1.28. The number of nitrogens with two attached hydrogens (primary N) is 1. The highest BCUT2D eigenvalue weighted by molar-refractivity contribution is 5.94. The number of rotatable bonds is 5. The topological polar surface area (TPSA) is 105 Å². The molecule has 104 valence electrons. The highest BCUT2D eigenvalue weighted by Crippen LogP contribution is 2.31. The normalized spacial score (nSPS) is 10.3. The molecule has 19 heavy (non-hydrogen) atoms. The lowest BCUT2D eigenvalue weighted by Crippen LogP contribution is -2.12. The van der Waals surface area contributed by atoms with E-state index in [9.17, 15) is 23.7 Å². The molecule has 0 amide bonds. The van der Waals surface area contributed by atoms with Gasteiger partial charge < -0.3 is 15.2 Å². The summed E-state index contributed by atoms with van der Waals surface area (Å²) in [4.78, 5) is 21.3.